The molecule has 0 saturated heterocycles. The molecule has 0 aromatic heterocycles. The molecule has 0 radical (unpaired) electrons. The van der Waals surface area contributed by atoms with Crippen molar-refractivity contribution in [1.82, 2.24) is 4.90 Å². The summed E-state index contributed by atoms with van der Waals surface area (Å²) in [4.78, 5) is -0.436. The molecule has 18 heavy (non-hydrogen) atoms. The average Bonchev–Trinajstić information content (AvgIpc) is 1.94. The van der Waals surface area contributed by atoms with E-state index in [-0.39, 0.29) is 0 Å². The first-order chi connectivity index (χ1) is 7.60. The smallest absolute Gasteiger partial charge is 0.279 e. The van der Waals surface area contributed by atoms with E-state index in [1.807, 2.05) is 0 Å². The van der Waals surface area contributed by atoms with Crippen molar-refractivity contribution in [2.24, 2.45) is 5.41 Å². The van der Waals surface area contributed by atoms with Gasteiger partial charge in [-0.2, -0.15) is 39.5 Å². The lowest BCUT2D eigenvalue weighted by molar-refractivity contribution is -0.451. The number of hydrogen-bond donors (Lipinski definition) is 0. The summed E-state index contributed by atoms with van der Waals surface area (Å²) in [6.45, 7) is 0. The molecule has 1 nitrogen and oxygen atoms in total. The molecule has 0 aliphatic rings. The minimum absolute atomic E-state index is 0.336. The summed E-state index contributed by atoms with van der Waals surface area (Å²) in [6, 6.07) is 0. The van der Waals surface area contributed by atoms with Crippen molar-refractivity contribution < 1.29 is 43.9 Å². The van der Waals surface area contributed by atoms with Crippen molar-refractivity contribution >= 4 is 0 Å². The predicted molar refractivity (Wildman–Crippen MR) is 39.2 cm³/mol. The van der Waals surface area contributed by atoms with Gasteiger partial charge < -0.3 is 0 Å². The van der Waals surface area contributed by atoms with Crippen LogP contribution in [0.2, 0.25) is 0 Å². The molecule has 11 heteroatoms. The minimum Gasteiger partial charge on any atom is -0.279 e. The van der Waals surface area contributed by atoms with E-state index in [0.29, 0.717) is 14.1 Å². The number of nitrogens with zero attached hydrogens (tertiary/aromatic N) is 1. The van der Waals surface area contributed by atoms with Crippen LogP contribution >= 0.6 is 0 Å². The van der Waals surface area contributed by atoms with Crippen molar-refractivity contribution in [2.75, 3.05) is 14.1 Å². The SMILES string of the molecule is CN(C)C(F)C(C(F)(F)F)(C(F)(F)F)C(F)(F)F. The summed E-state index contributed by atoms with van der Waals surface area (Å²) in [5.74, 6) is 0. The molecule has 0 aliphatic heterocycles. The Balaban J connectivity index is 6.27. The van der Waals surface area contributed by atoms with E-state index >= 15 is 0 Å². The second kappa shape index (κ2) is 4.42. The molecule has 0 amide bonds. The van der Waals surface area contributed by atoms with Crippen LogP contribution in [0.4, 0.5) is 43.9 Å². The van der Waals surface area contributed by atoms with Gasteiger partial charge >= 0.3 is 18.5 Å². The Morgan fingerprint density at radius 2 is 0.889 bits per heavy atom. The molecule has 0 bridgehead atoms. The van der Waals surface area contributed by atoms with Gasteiger partial charge in [0.05, 0.1) is 0 Å². The van der Waals surface area contributed by atoms with Gasteiger partial charge in [0.25, 0.3) is 5.41 Å². The first-order valence-corrected chi connectivity index (χ1v) is 4.11. The molecule has 110 valence electrons. The first-order valence-electron chi connectivity index (χ1n) is 4.11. The van der Waals surface area contributed by atoms with E-state index in [0.717, 1.165) is 0 Å². The Kier molecular flexibility index (Phi) is 4.24. The van der Waals surface area contributed by atoms with E-state index in [1.165, 1.54) is 0 Å². The lowest BCUT2D eigenvalue weighted by atomic mass is 9.83. The molecule has 0 spiro atoms. The topological polar surface area (TPSA) is 3.24 Å². The lowest BCUT2D eigenvalue weighted by Gasteiger charge is -2.42. The Morgan fingerprint density at radius 3 is 0.944 bits per heavy atom. The van der Waals surface area contributed by atoms with Crippen molar-refractivity contribution in [2.45, 2.75) is 24.8 Å². The molecule has 1 unspecified atom stereocenters. The number of hydrogen-bond acceptors (Lipinski definition) is 1. The number of rotatable bonds is 2. The first kappa shape index (κ1) is 17.3. The van der Waals surface area contributed by atoms with Crippen molar-refractivity contribution in [1.29, 1.82) is 0 Å². The van der Waals surface area contributed by atoms with Gasteiger partial charge in [0, 0.05) is 0 Å². The summed E-state index contributed by atoms with van der Waals surface area (Å²) < 4.78 is 124. The Bertz CT molecular complexity index is 248. The summed E-state index contributed by atoms with van der Waals surface area (Å²) >= 11 is 0. The number of halogens is 10. The van der Waals surface area contributed by atoms with Crippen LogP contribution in [-0.4, -0.2) is 43.8 Å². The van der Waals surface area contributed by atoms with E-state index in [1.54, 1.807) is 0 Å². The molecule has 0 saturated carbocycles. The Hall–Kier alpha value is -0.740. The maximum Gasteiger partial charge on any atom is 0.416 e. The molecule has 0 aromatic rings. The van der Waals surface area contributed by atoms with Crippen LogP contribution in [-0.2, 0) is 0 Å². The lowest BCUT2D eigenvalue weighted by Crippen LogP contribution is -2.67. The molecule has 0 aliphatic carbocycles. The van der Waals surface area contributed by atoms with Crippen LogP contribution < -0.4 is 0 Å². The van der Waals surface area contributed by atoms with Crippen molar-refractivity contribution in [3.8, 4) is 0 Å². The second-order valence-electron chi connectivity index (χ2n) is 3.60. The van der Waals surface area contributed by atoms with Gasteiger partial charge in [-0.25, -0.2) is 4.39 Å². The zero-order valence-electron chi connectivity index (χ0n) is 8.80. The molecule has 0 aromatic carbocycles. The summed E-state index contributed by atoms with van der Waals surface area (Å²) in [6.07, 6.45) is -25.0. The van der Waals surface area contributed by atoms with Crippen LogP contribution in [0.1, 0.15) is 0 Å². The second-order valence-corrected chi connectivity index (χ2v) is 3.60. The standard InChI is InChI=1S/C7H7F10N/c1-18(2)3(8)4(5(9,10)11,6(12,13)14)7(15,16)17/h3H,1-2H3. The molecule has 0 heterocycles. The summed E-state index contributed by atoms with van der Waals surface area (Å²) in [7, 11) is 0.672. The molecule has 0 N–H and O–H groups in total. The zero-order chi connectivity index (χ0) is 15.2. The molecular formula is C7H7F10N. The van der Waals surface area contributed by atoms with Crippen LogP contribution in [0, 0.1) is 5.41 Å². The van der Waals surface area contributed by atoms with Gasteiger partial charge in [-0.15, -0.1) is 0 Å². The highest BCUT2D eigenvalue weighted by Gasteiger charge is 2.87. The van der Waals surface area contributed by atoms with E-state index in [9.17, 15) is 43.9 Å². The minimum atomic E-state index is -6.88. The van der Waals surface area contributed by atoms with Crippen molar-refractivity contribution in [3.05, 3.63) is 0 Å². The Labute approximate surface area is 94.3 Å². The molecule has 0 fully saturated rings. The van der Waals surface area contributed by atoms with E-state index in [4.69, 9.17) is 0 Å². The fourth-order valence-corrected chi connectivity index (χ4v) is 1.27. The van der Waals surface area contributed by atoms with Crippen molar-refractivity contribution in [3.63, 3.8) is 0 Å². The Morgan fingerprint density at radius 1 is 0.667 bits per heavy atom. The van der Waals surface area contributed by atoms with Crippen LogP contribution in [0.25, 0.3) is 0 Å². The van der Waals surface area contributed by atoms with Gasteiger partial charge in [-0.1, -0.05) is 0 Å². The highest BCUT2D eigenvalue weighted by Crippen LogP contribution is 2.62. The highest BCUT2D eigenvalue weighted by molar-refractivity contribution is 5.03. The maximum atomic E-state index is 13.1. The largest absolute Gasteiger partial charge is 0.416 e. The third-order valence-corrected chi connectivity index (χ3v) is 2.15. The predicted octanol–water partition coefficient (Wildman–Crippen LogP) is 3.52. The van der Waals surface area contributed by atoms with Crippen LogP contribution in [0.5, 0.6) is 0 Å². The number of alkyl halides is 10. The zero-order valence-corrected chi connectivity index (χ0v) is 8.80. The quantitative estimate of drug-likeness (QED) is 0.556. The highest BCUT2D eigenvalue weighted by atomic mass is 19.4. The van der Waals surface area contributed by atoms with Gasteiger partial charge in [-0.3, -0.25) is 4.90 Å². The average molecular weight is 295 g/mol. The molecular weight excluding hydrogens is 288 g/mol. The monoisotopic (exact) mass is 295 g/mol. The van der Waals surface area contributed by atoms with E-state index < -0.39 is 35.1 Å². The third kappa shape index (κ3) is 2.36. The molecule has 1 atom stereocenters. The molecule has 0 rings (SSSR count). The van der Waals surface area contributed by atoms with E-state index in [2.05, 4.69) is 0 Å². The van der Waals surface area contributed by atoms with Gasteiger partial charge in [-0.05, 0) is 14.1 Å². The van der Waals surface area contributed by atoms with Gasteiger partial charge in [0.1, 0.15) is 0 Å². The summed E-state index contributed by atoms with van der Waals surface area (Å²) in [5.41, 5.74) is -6.45. The normalized spacial score (nSPS) is 17.2. The van der Waals surface area contributed by atoms with Crippen LogP contribution in [0.15, 0.2) is 0 Å². The summed E-state index contributed by atoms with van der Waals surface area (Å²) in [5, 5.41) is 0. The fourth-order valence-electron chi connectivity index (χ4n) is 1.27. The fraction of sp³-hybridized carbons (Fsp3) is 1.00. The van der Waals surface area contributed by atoms with Gasteiger partial charge in [0.2, 0.25) is 0 Å². The van der Waals surface area contributed by atoms with Crippen LogP contribution in [0.3, 0.4) is 0 Å². The van der Waals surface area contributed by atoms with Gasteiger partial charge in [0.15, 0.2) is 6.30 Å². The maximum absolute atomic E-state index is 13.1. The third-order valence-electron chi connectivity index (χ3n) is 2.15.